The second-order valence-corrected chi connectivity index (χ2v) is 6.50. The highest BCUT2D eigenvalue weighted by atomic mass is 32.2. The number of hydrogen-bond acceptors (Lipinski definition) is 4. The Morgan fingerprint density at radius 2 is 1.84 bits per heavy atom. The molecule has 0 aromatic heterocycles. The third-order valence-corrected chi connectivity index (χ3v) is 5.08. The summed E-state index contributed by atoms with van der Waals surface area (Å²) in [5.41, 5.74) is -0.179. The molecule has 1 aliphatic rings. The van der Waals surface area contributed by atoms with Crippen LogP contribution >= 0.6 is 0 Å². The quantitative estimate of drug-likeness (QED) is 0.624. The van der Waals surface area contributed by atoms with Gasteiger partial charge in [-0.25, -0.2) is 0 Å². The van der Waals surface area contributed by atoms with Crippen molar-refractivity contribution in [2.75, 3.05) is 31.7 Å². The van der Waals surface area contributed by atoms with E-state index in [0.29, 0.717) is 25.3 Å². The minimum absolute atomic E-state index is 0.0601. The van der Waals surface area contributed by atoms with Gasteiger partial charge in [-0.3, -0.25) is 13.8 Å². The molecule has 1 saturated carbocycles. The highest BCUT2D eigenvalue weighted by Gasteiger charge is 2.46. The Kier molecular flexibility index (Phi) is 5.97. The lowest BCUT2D eigenvalue weighted by atomic mass is 10.1. The Morgan fingerprint density at radius 1 is 1.26 bits per heavy atom. The van der Waals surface area contributed by atoms with Crippen LogP contribution in [0.2, 0.25) is 0 Å². The molecule has 5 nitrogen and oxygen atoms in total. The average Bonchev–Trinajstić information content (AvgIpc) is 3.09. The van der Waals surface area contributed by atoms with Crippen LogP contribution in [-0.4, -0.2) is 52.7 Å². The Bertz CT molecular complexity index is 362. The number of amides is 1. The van der Waals surface area contributed by atoms with Gasteiger partial charge in [-0.1, -0.05) is 0 Å². The summed E-state index contributed by atoms with van der Waals surface area (Å²) >= 11 is 0. The van der Waals surface area contributed by atoms with E-state index < -0.39 is 10.8 Å². The lowest BCUT2D eigenvalue weighted by Gasteiger charge is -2.19. The number of hydrogen-bond donors (Lipinski definition) is 0. The van der Waals surface area contributed by atoms with Gasteiger partial charge in [-0.05, 0) is 32.1 Å². The van der Waals surface area contributed by atoms with Gasteiger partial charge in [-0.15, -0.1) is 0 Å². The van der Waals surface area contributed by atoms with E-state index in [2.05, 4.69) is 4.74 Å². The van der Waals surface area contributed by atoms with Gasteiger partial charge in [0.25, 0.3) is 0 Å². The lowest BCUT2D eigenvalue weighted by molar-refractivity contribution is -0.141. The van der Waals surface area contributed by atoms with Crippen molar-refractivity contribution >= 4 is 22.7 Å². The van der Waals surface area contributed by atoms with Gasteiger partial charge < -0.3 is 9.64 Å². The first kappa shape index (κ1) is 16.1. The highest BCUT2D eigenvalue weighted by Crippen LogP contribution is 2.49. The maximum absolute atomic E-state index is 12.0. The molecule has 1 aliphatic carbocycles. The smallest absolute Gasteiger partial charge is 0.306 e. The van der Waals surface area contributed by atoms with Gasteiger partial charge in [0.2, 0.25) is 5.91 Å². The molecule has 0 spiro atoms. The topological polar surface area (TPSA) is 63.7 Å². The Morgan fingerprint density at radius 3 is 2.26 bits per heavy atom. The molecule has 19 heavy (non-hydrogen) atoms. The minimum Gasteiger partial charge on any atom is -0.469 e. The lowest BCUT2D eigenvalue weighted by Crippen LogP contribution is -2.35. The van der Waals surface area contributed by atoms with Crippen LogP contribution in [0.15, 0.2) is 0 Å². The predicted molar refractivity (Wildman–Crippen MR) is 74.1 cm³/mol. The molecule has 1 rings (SSSR count). The van der Waals surface area contributed by atoms with E-state index in [9.17, 15) is 13.8 Å². The Balaban J connectivity index is 2.43. The summed E-state index contributed by atoms with van der Waals surface area (Å²) in [5, 5.41) is 0. The number of nitrogens with zero attached hydrogens (tertiary/aromatic N) is 1. The zero-order valence-corrected chi connectivity index (χ0v) is 12.8. The molecular weight excluding hydrogens is 266 g/mol. The summed E-state index contributed by atoms with van der Waals surface area (Å²) in [5.74, 6) is 0.154. The molecule has 0 bridgehead atoms. The van der Waals surface area contributed by atoms with Gasteiger partial charge in [0.05, 0.1) is 13.5 Å². The van der Waals surface area contributed by atoms with Crippen molar-refractivity contribution in [3.8, 4) is 0 Å². The number of esters is 1. The molecule has 0 aromatic rings. The summed E-state index contributed by atoms with van der Waals surface area (Å²) in [6.07, 6.45) is 2.11. The van der Waals surface area contributed by atoms with Crippen molar-refractivity contribution < 1.29 is 18.5 Å². The largest absolute Gasteiger partial charge is 0.469 e. The number of rotatable bonds is 8. The number of carbonyl (C=O) groups is 2. The normalized spacial score (nSPS) is 17.6. The summed E-state index contributed by atoms with van der Waals surface area (Å²) in [6, 6.07) is 0. The van der Waals surface area contributed by atoms with Crippen molar-refractivity contribution in [1.82, 2.24) is 4.90 Å². The van der Waals surface area contributed by atoms with Crippen LogP contribution in [0, 0.1) is 5.41 Å². The van der Waals surface area contributed by atoms with Crippen LogP contribution in [0.25, 0.3) is 0 Å². The zero-order chi connectivity index (χ0) is 14.5. The van der Waals surface area contributed by atoms with Crippen LogP contribution in [0.3, 0.4) is 0 Å². The standard InChI is InChI=1S/C13H23NO4S/c1-4-14(5-2)11(15)9-19(17)10-13(6-7-13)8-12(16)18-3/h4-10H2,1-3H3. The van der Waals surface area contributed by atoms with E-state index in [4.69, 9.17) is 0 Å². The van der Waals surface area contributed by atoms with Crippen LogP contribution in [0.5, 0.6) is 0 Å². The number of ether oxygens (including phenoxy) is 1. The van der Waals surface area contributed by atoms with Crippen molar-refractivity contribution in [2.24, 2.45) is 5.41 Å². The monoisotopic (exact) mass is 289 g/mol. The molecule has 0 aliphatic heterocycles. The van der Waals surface area contributed by atoms with E-state index in [1.54, 1.807) is 4.90 Å². The first-order valence-electron chi connectivity index (χ1n) is 6.66. The van der Waals surface area contributed by atoms with Gasteiger partial charge in [0.15, 0.2) is 0 Å². The van der Waals surface area contributed by atoms with E-state index in [-0.39, 0.29) is 23.0 Å². The number of methoxy groups -OCH3 is 1. The first-order chi connectivity index (χ1) is 8.96. The van der Waals surface area contributed by atoms with Crippen LogP contribution in [0.1, 0.15) is 33.1 Å². The molecule has 0 saturated heterocycles. The predicted octanol–water partition coefficient (Wildman–Crippen LogP) is 0.947. The number of carbonyl (C=O) groups excluding carboxylic acids is 2. The SMILES string of the molecule is CCN(CC)C(=O)CS(=O)CC1(CC(=O)OC)CC1. The minimum atomic E-state index is -1.20. The molecule has 0 aromatic carbocycles. The summed E-state index contributed by atoms with van der Waals surface area (Å²) in [6.45, 7) is 5.09. The van der Waals surface area contributed by atoms with Crippen molar-refractivity contribution in [1.29, 1.82) is 0 Å². The first-order valence-corrected chi connectivity index (χ1v) is 8.14. The van der Waals surface area contributed by atoms with Crippen LogP contribution < -0.4 is 0 Å². The molecule has 6 heteroatoms. The molecule has 0 N–H and O–H groups in total. The fraction of sp³-hybridized carbons (Fsp3) is 0.846. The van der Waals surface area contributed by atoms with Gasteiger partial charge >= 0.3 is 5.97 Å². The van der Waals surface area contributed by atoms with Crippen molar-refractivity contribution in [3.05, 3.63) is 0 Å². The molecular formula is C13H23NO4S. The maximum atomic E-state index is 12.0. The third-order valence-electron chi connectivity index (χ3n) is 3.57. The van der Waals surface area contributed by atoms with E-state index in [1.807, 2.05) is 13.8 Å². The van der Waals surface area contributed by atoms with Crippen molar-refractivity contribution in [2.45, 2.75) is 33.1 Å². The highest BCUT2D eigenvalue weighted by molar-refractivity contribution is 7.85. The van der Waals surface area contributed by atoms with Crippen LogP contribution in [-0.2, 0) is 25.1 Å². The summed E-state index contributed by atoms with van der Waals surface area (Å²) in [7, 11) is 0.162. The van der Waals surface area contributed by atoms with E-state index in [0.717, 1.165) is 12.8 Å². The molecule has 0 radical (unpaired) electrons. The molecule has 110 valence electrons. The Hall–Kier alpha value is -0.910. The zero-order valence-electron chi connectivity index (χ0n) is 11.9. The third kappa shape index (κ3) is 4.93. The molecule has 0 heterocycles. The van der Waals surface area contributed by atoms with Crippen LogP contribution in [0.4, 0.5) is 0 Å². The second kappa shape index (κ2) is 7.03. The van der Waals surface area contributed by atoms with E-state index in [1.165, 1.54) is 7.11 Å². The van der Waals surface area contributed by atoms with Gasteiger partial charge in [0.1, 0.15) is 5.75 Å². The fourth-order valence-corrected chi connectivity index (χ4v) is 3.76. The summed E-state index contributed by atoms with van der Waals surface area (Å²) in [4.78, 5) is 24.8. The Labute approximate surface area is 117 Å². The molecule has 1 amide bonds. The molecule has 1 fully saturated rings. The van der Waals surface area contributed by atoms with E-state index >= 15 is 0 Å². The maximum Gasteiger partial charge on any atom is 0.306 e. The summed E-state index contributed by atoms with van der Waals surface area (Å²) < 4.78 is 16.7. The van der Waals surface area contributed by atoms with Gasteiger partial charge in [-0.2, -0.15) is 0 Å². The molecule has 1 atom stereocenters. The second-order valence-electron chi connectivity index (χ2n) is 5.05. The molecule has 1 unspecified atom stereocenters. The van der Waals surface area contributed by atoms with Crippen molar-refractivity contribution in [3.63, 3.8) is 0 Å². The van der Waals surface area contributed by atoms with Gasteiger partial charge in [0, 0.05) is 29.6 Å². The fourth-order valence-electron chi connectivity index (χ4n) is 2.13. The average molecular weight is 289 g/mol.